The van der Waals surface area contributed by atoms with Crippen LogP contribution in [0.15, 0.2) is 36.5 Å². The third-order valence-corrected chi connectivity index (χ3v) is 1.87. The summed E-state index contributed by atoms with van der Waals surface area (Å²) < 4.78 is 1.71. The van der Waals surface area contributed by atoms with Crippen molar-refractivity contribution in [1.29, 1.82) is 0 Å². The lowest BCUT2D eigenvalue weighted by molar-refractivity contribution is 0.650. The summed E-state index contributed by atoms with van der Waals surface area (Å²) in [6.45, 7) is 0.709. The Morgan fingerprint density at radius 3 is 2.62 bits per heavy atom. The molecule has 0 radical (unpaired) electrons. The smallest absolute Gasteiger partial charge is 0.171 e. The zero-order valence-corrected chi connectivity index (χ0v) is 7.65. The molecule has 2 rings (SSSR count). The van der Waals surface area contributed by atoms with E-state index < -0.39 is 0 Å². The average Bonchev–Trinajstić information content (AvgIpc) is 2.53. The Hall–Kier alpha value is -1.35. The van der Waals surface area contributed by atoms with Gasteiger partial charge in [-0.2, -0.15) is 0 Å². The highest BCUT2D eigenvalue weighted by molar-refractivity contribution is 6.29. The van der Waals surface area contributed by atoms with Crippen molar-refractivity contribution in [3.8, 4) is 0 Å². The van der Waals surface area contributed by atoms with E-state index in [4.69, 9.17) is 11.6 Å². The lowest BCUT2D eigenvalue weighted by Crippen LogP contribution is -1.99. The summed E-state index contributed by atoms with van der Waals surface area (Å²) in [6, 6.07) is 10.0. The predicted molar refractivity (Wildman–Crippen MR) is 50.6 cm³/mol. The number of benzene rings is 1. The molecule has 0 aliphatic carbocycles. The molecule has 0 atom stereocenters. The van der Waals surface area contributed by atoms with Gasteiger partial charge in [0.25, 0.3) is 0 Å². The fourth-order valence-electron chi connectivity index (χ4n) is 1.12. The highest BCUT2D eigenvalue weighted by Crippen LogP contribution is 2.04. The second-order valence-corrected chi connectivity index (χ2v) is 3.11. The van der Waals surface area contributed by atoms with E-state index in [1.54, 1.807) is 10.9 Å². The van der Waals surface area contributed by atoms with Crippen LogP contribution in [0.4, 0.5) is 0 Å². The first-order valence-corrected chi connectivity index (χ1v) is 4.32. The Kier molecular flexibility index (Phi) is 2.27. The molecule has 3 nitrogen and oxygen atoms in total. The van der Waals surface area contributed by atoms with E-state index in [1.165, 1.54) is 5.56 Å². The molecule has 0 aliphatic rings. The minimum Gasteiger partial charge on any atom is -0.247 e. The summed E-state index contributed by atoms with van der Waals surface area (Å²) in [5.41, 5.74) is 1.18. The van der Waals surface area contributed by atoms with Crippen molar-refractivity contribution in [1.82, 2.24) is 15.0 Å². The van der Waals surface area contributed by atoms with E-state index in [0.717, 1.165) is 0 Å². The Bertz CT molecular complexity index is 383. The molecular weight excluding hydrogens is 186 g/mol. The average molecular weight is 194 g/mol. The highest BCUT2D eigenvalue weighted by atomic mass is 35.5. The van der Waals surface area contributed by atoms with E-state index >= 15 is 0 Å². The topological polar surface area (TPSA) is 30.7 Å². The van der Waals surface area contributed by atoms with E-state index in [0.29, 0.717) is 11.7 Å². The number of aromatic nitrogens is 3. The maximum absolute atomic E-state index is 5.63. The largest absolute Gasteiger partial charge is 0.247 e. The van der Waals surface area contributed by atoms with Gasteiger partial charge in [0.15, 0.2) is 5.15 Å². The van der Waals surface area contributed by atoms with Crippen LogP contribution in [0.3, 0.4) is 0 Å². The first-order chi connectivity index (χ1) is 6.34. The van der Waals surface area contributed by atoms with Gasteiger partial charge in [-0.25, -0.2) is 4.68 Å². The van der Waals surface area contributed by atoms with Gasteiger partial charge < -0.3 is 0 Å². The van der Waals surface area contributed by atoms with Crippen molar-refractivity contribution >= 4 is 11.6 Å². The summed E-state index contributed by atoms with van der Waals surface area (Å²) >= 11 is 5.63. The van der Waals surface area contributed by atoms with E-state index in [1.807, 2.05) is 30.3 Å². The lowest BCUT2D eigenvalue weighted by Gasteiger charge is -1.98. The third kappa shape index (κ3) is 2.06. The molecule has 0 amide bonds. The summed E-state index contributed by atoms with van der Waals surface area (Å²) in [4.78, 5) is 0. The minimum absolute atomic E-state index is 0.427. The van der Waals surface area contributed by atoms with Gasteiger partial charge in [0.2, 0.25) is 0 Å². The normalized spacial score (nSPS) is 10.2. The van der Waals surface area contributed by atoms with Crippen LogP contribution >= 0.6 is 11.6 Å². The molecule has 1 aromatic heterocycles. The SMILES string of the molecule is Clc1cn(Cc2ccccc2)nn1. The molecule has 0 saturated heterocycles. The molecule has 13 heavy (non-hydrogen) atoms. The van der Waals surface area contributed by atoms with E-state index in [2.05, 4.69) is 10.3 Å². The number of nitrogens with zero attached hydrogens (tertiary/aromatic N) is 3. The van der Waals surface area contributed by atoms with Gasteiger partial charge in [0, 0.05) is 0 Å². The monoisotopic (exact) mass is 193 g/mol. The number of hydrogen-bond donors (Lipinski definition) is 0. The minimum atomic E-state index is 0.427. The zero-order chi connectivity index (χ0) is 9.10. The molecule has 0 N–H and O–H groups in total. The molecule has 0 fully saturated rings. The maximum atomic E-state index is 5.63. The standard InChI is InChI=1S/C9H8ClN3/c10-9-7-13(12-11-9)6-8-4-2-1-3-5-8/h1-5,7H,6H2. The van der Waals surface area contributed by atoms with Crippen LogP contribution in [-0.2, 0) is 6.54 Å². The van der Waals surface area contributed by atoms with Gasteiger partial charge in [-0.15, -0.1) is 5.10 Å². The van der Waals surface area contributed by atoms with Crippen molar-refractivity contribution in [2.75, 3.05) is 0 Å². The lowest BCUT2D eigenvalue weighted by atomic mass is 10.2. The summed E-state index contributed by atoms with van der Waals surface area (Å²) in [7, 11) is 0. The molecule has 0 aliphatic heterocycles. The van der Waals surface area contributed by atoms with Crippen LogP contribution in [0.1, 0.15) is 5.56 Å². The van der Waals surface area contributed by atoms with Crippen molar-refractivity contribution in [3.05, 3.63) is 47.2 Å². The number of halogens is 1. The van der Waals surface area contributed by atoms with Crippen molar-refractivity contribution in [2.45, 2.75) is 6.54 Å². The molecule has 0 saturated carbocycles. The van der Waals surface area contributed by atoms with E-state index in [9.17, 15) is 0 Å². The first-order valence-electron chi connectivity index (χ1n) is 3.94. The van der Waals surface area contributed by atoms with Crippen molar-refractivity contribution in [3.63, 3.8) is 0 Å². The zero-order valence-electron chi connectivity index (χ0n) is 6.89. The van der Waals surface area contributed by atoms with Gasteiger partial charge in [0.1, 0.15) is 0 Å². The molecule has 1 aromatic carbocycles. The molecule has 0 spiro atoms. The van der Waals surface area contributed by atoms with E-state index in [-0.39, 0.29) is 0 Å². The Labute approximate surface area is 81.0 Å². The van der Waals surface area contributed by atoms with Crippen molar-refractivity contribution < 1.29 is 0 Å². The molecular formula is C9H8ClN3. The predicted octanol–water partition coefficient (Wildman–Crippen LogP) is 1.98. The Morgan fingerprint density at radius 2 is 2.00 bits per heavy atom. The molecule has 2 aromatic rings. The number of rotatable bonds is 2. The van der Waals surface area contributed by atoms with Crippen LogP contribution in [0.2, 0.25) is 5.15 Å². The molecule has 0 bridgehead atoms. The van der Waals surface area contributed by atoms with Gasteiger partial charge in [-0.3, -0.25) is 0 Å². The summed E-state index contributed by atoms with van der Waals surface area (Å²) in [6.07, 6.45) is 1.70. The molecule has 66 valence electrons. The van der Waals surface area contributed by atoms with Crippen LogP contribution < -0.4 is 0 Å². The van der Waals surface area contributed by atoms with Crippen LogP contribution in [0.25, 0.3) is 0 Å². The fourth-order valence-corrected chi connectivity index (χ4v) is 1.27. The van der Waals surface area contributed by atoms with Gasteiger partial charge in [0.05, 0.1) is 12.7 Å². The van der Waals surface area contributed by atoms with Crippen LogP contribution in [0.5, 0.6) is 0 Å². The Morgan fingerprint density at radius 1 is 1.23 bits per heavy atom. The summed E-state index contributed by atoms with van der Waals surface area (Å²) in [5, 5.41) is 7.96. The molecule has 4 heteroatoms. The second kappa shape index (κ2) is 3.58. The molecule has 0 unspecified atom stereocenters. The fraction of sp³-hybridized carbons (Fsp3) is 0.111. The molecule has 1 heterocycles. The van der Waals surface area contributed by atoms with Gasteiger partial charge in [-0.05, 0) is 5.56 Å². The van der Waals surface area contributed by atoms with Crippen molar-refractivity contribution in [2.24, 2.45) is 0 Å². The first kappa shape index (κ1) is 8.26. The van der Waals surface area contributed by atoms with Gasteiger partial charge >= 0.3 is 0 Å². The third-order valence-electron chi connectivity index (χ3n) is 1.70. The van der Waals surface area contributed by atoms with Crippen LogP contribution in [-0.4, -0.2) is 15.0 Å². The highest BCUT2D eigenvalue weighted by Gasteiger charge is 1.97. The van der Waals surface area contributed by atoms with Gasteiger partial charge in [-0.1, -0.05) is 47.1 Å². The Balaban J connectivity index is 2.15. The second-order valence-electron chi connectivity index (χ2n) is 2.72. The maximum Gasteiger partial charge on any atom is 0.171 e. The summed E-state index contributed by atoms with van der Waals surface area (Å²) in [5.74, 6) is 0. The number of hydrogen-bond acceptors (Lipinski definition) is 2. The quantitative estimate of drug-likeness (QED) is 0.730. The van der Waals surface area contributed by atoms with Crippen LogP contribution in [0, 0.1) is 0 Å².